The summed E-state index contributed by atoms with van der Waals surface area (Å²) in [6.07, 6.45) is 0.808. The van der Waals surface area contributed by atoms with Gasteiger partial charge in [-0.25, -0.2) is 9.37 Å². The molecule has 0 fully saturated rings. The lowest BCUT2D eigenvalue weighted by molar-refractivity contribution is -0.858. The van der Waals surface area contributed by atoms with Gasteiger partial charge < -0.3 is 14.4 Å². The standard InChI is InChI=1S/C21H22FN3O3S/c1-24(2)7-4-8-25(20(26)14-5-3-6-15(22)11-14)21-23-16-12-17-18(13-19(16)29-21)28-10-9-27-17/h3,5-6,11-13H,4,7-10H2,1-2H3/p+1. The molecule has 1 aliphatic rings. The Kier molecular flexibility index (Phi) is 5.64. The second-order valence-corrected chi connectivity index (χ2v) is 8.25. The minimum absolute atomic E-state index is 0.255. The van der Waals surface area contributed by atoms with Crippen LogP contribution in [0, 0.1) is 5.82 Å². The van der Waals surface area contributed by atoms with Crippen molar-refractivity contribution in [1.29, 1.82) is 0 Å². The molecule has 1 aliphatic heterocycles. The van der Waals surface area contributed by atoms with Crippen molar-refractivity contribution in [2.24, 2.45) is 0 Å². The second kappa shape index (κ2) is 8.34. The molecule has 0 radical (unpaired) electrons. The van der Waals surface area contributed by atoms with Gasteiger partial charge in [0.2, 0.25) is 0 Å². The number of hydrogen-bond acceptors (Lipinski definition) is 5. The van der Waals surface area contributed by atoms with Crippen LogP contribution in [0.1, 0.15) is 16.8 Å². The predicted octanol–water partition coefficient (Wildman–Crippen LogP) is 2.39. The van der Waals surface area contributed by atoms with Gasteiger partial charge in [0.15, 0.2) is 16.6 Å². The summed E-state index contributed by atoms with van der Waals surface area (Å²) < 4.78 is 25.9. The molecule has 0 atom stereocenters. The van der Waals surface area contributed by atoms with Gasteiger partial charge in [-0.1, -0.05) is 17.4 Å². The van der Waals surface area contributed by atoms with Crippen molar-refractivity contribution in [1.82, 2.24) is 4.98 Å². The molecular weight excluding hydrogens is 393 g/mol. The molecule has 6 nitrogen and oxygen atoms in total. The fourth-order valence-corrected chi connectivity index (χ4v) is 4.22. The number of halogens is 1. The average Bonchev–Trinajstić information content (AvgIpc) is 3.11. The number of nitrogens with one attached hydrogen (secondary N) is 1. The maximum absolute atomic E-state index is 13.7. The number of amides is 1. The average molecular weight is 416 g/mol. The van der Waals surface area contributed by atoms with Crippen LogP contribution in [-0.2, 0) is 0 Å². The third-order valence-corrected chi connectivity index (χ3v) is 5.69. The van der Waals surface area contributed by atoms with Crippen molar-refractivity contribution < 1.29 is 23.6 Å². The van der Waals surface area contributed by atoms with Gasteiger partial charge in [0.05, 0.1) is 30.9 Å². The van der Waals surface area contributed by atoms with E-state index in [2.05, 4.69) is 19.1 Å². The molecule has 2 heterocycles. The molecule has 0 saturated carbocycles. The first-order chi connectivity index (χ1) is 14.0. The lowest BCUT2D eigenvalue weighted by Crippen LogP contribution is -3.05. The van der Waals surface area contributed by atoms with E-state index in [1.165, 1.54) is 28.4 Å². The van der Waals surface area contributed by atoms with E-state index in [1.54, 1.807) is 17.0 Å². The molecule has 0 saturated heterocycles. The smallest absolute Gasteiger partial charge is 0.260 e. The number of ether oxygens (including phenoxy) is 2. The number of quaternary nitrogens is 1. The lowest BCUT2D eigenvalue weighted by Gasteiger charge is -2.20. The predicted molar refractivity (Wildman–Crippen MR) is 111 cm³/mol. The van der Waals surface area contributed by atoms with Crippen molar-refractivity contribution >= 4 is 32.6 Å². The number of nitrogens with zero attached hydrogens (tertiary/aromatic N) is 2. The SMILES string of the molecule is C[NH+](C)CCCN(C(=O)c1cccc(F)c1)c1nc2cc3c(cc2s1)OCCO3. The highest BCUT2D eigenvalue weighted by molar-refractivity contribution is 7.22. The highest BCUT2D eigenvalue weighted by Crippen LogP contribution is 2.39. The Morgan fingerprint density at radius 2 is 1.97 bits per heavy atom. The number of anilines is 1. The molecule has 1 aromatic heterocycles. The largest absolute Gasteiger partial charge is 0.486 e. The molecule has 1 N–H and O–H groups in total. The Labute approximate surface area is 172 Å². The summed E-state index contributed by atoms with van der Waals surface area (Å²) >= 11 is 1.42. The maximum Gasteiger partial charge on any atom is 0.260 e. The van der Waals surface area contributed by atoms with E-state index in [9.17, 15) is 9.18 Å². The molecule has 8 heteroatoms. The number of thiazole rings is 1. The summed E-state index contributed by atoms with van der Waals surface area (Å²) in [6.45, 7) is 2.44. The summed E-state index contributed by atoms with van der Waals surface area (Å²) in [5.41, 5.74) is 1.07. The second-order valence-electron chi connectivity index (χ2n) is 7.24. The number of fused-ring (bicyclic) bond motifs is 2. The molecule has 2 aromatic carbocycles. The van der Waals surface area contributed by atoms with Gasteiger partial charge in [0.1, 0.15) is 19.0 Å². The van der Waals surface area contributed by atoms with Gasteiger partial charge in [0.25, 0.3) is 5.91 Å². The highest BCUT2D eigenvalue weighted by Gasteiger charge is 2.23. The van der Waals surface area contributed by atoms with Gasteiger partial charge in [-0.15, -0.1) is 0 Å². The zero-order valence-corrected chi connectivity index (χ0v) is 17.2. The van der Waals surface area contributed by atoms with E-state index >= 15 is 0 Å². The molecule has 0 aliphatic carbocycles. The van der Waals surface area contributed by atoms with E-state index < -0.39 is 5.82 Å². The number of aromatic nitrogens is 1. The minimum Gasteiger partial charge on any atom is -0.486 e. The first kappa shape index (κ1) is 19.6. The molecule has 1 amide bonds. The fourth-order valence-electron chi connectivity index (χ4n) is 3.22. The number of carbonyl (C=O) groups is 1. The molecule has 29 heavy (non-hydrogen) atoms. The van der Waals surface area contributed by atoms with Gasteiger partial charge in [0, 0.05) is 30.7 Å². The molecule has 0 unspecified atom stereocenters. The summed E-state index contributed by atoms with van der Waals surface area (Å²) in [4.78, 5) is 20.8. The normalized spacial score (nSPS) is 13.1. The highest BCUT2D eigenvalue weighted by atomic mass is 32.1. The van der Waals surface area contributed by atoms with Gasteiger partial charge >= 0.3 is 0 Å². The molecule has 4 rings (SSSR count). The Balaban J connectivity index is 1.68. The number of rotatable bonds is 6. The molecule has 0 bridgehead atoms. The zero-order chi connectivity index (χ0) is 20.4. The minimum atomic E-state index is -0.431. The van der Waals surface area contributed by atoms with Crippen LogP contribution < -0.4 is 19.3 Å². The first-order valence-corrected chi connectivity index (χ1v) is 10.4. The molecule has 3 aromatic rings. The van der Waals surface area contributed by atoms with Crippen LogP contribution in [0.3, 0.4) is 0 Å². The number of carbonyl (C=O) groups excluding carboxylic acids is 1. The Hall–Kier alpha value is -2.71. The number of hydrogen-bond donors (Lipinski definition) is 1. The Bertz CT molecular complexity index is 994. The monoisotopic (exact) mass is 416 g/mol. The summed E-state index contributed by atoms with van der Waals surface area (Å²) in [6, 6.07) is 9.52. The summed E-state index contributed by atoms with van der Waals surface area (Å²) in [5.74, 6) is 0.673. The lowest BCUT2D eigenvalue weighted by atomic mass is 10.2. The topological polar surface area (TPSA) is 56.1 Å². The van der Waals surface area contributed by atoms with Crippen molar-refractivity contribution in [2.45, 2.75) is 6.42 Å². The fraction of sp³-hybridized carbons (Fsp3) is 0.333. The van der Waals surface area contributed by atoms with Gasteiger partial charge in [-0.3, -0.25) is 9.69 Å². The number of benzene rings is 2. The van der Waals surface area contributed by atoms with Crippen LogP contribution in [0.5, 0.6) is 11.5 Å². The van der Waals surface area contributed by atoms with E-state index in [0.717, 1.165) is 23.2 Å². The third-order valence-electron chi connectivity index (χ3n) is 4.65. The molecular formula is C21H23FN3O3S+. The van der Waals surface area contributed by atoms with Crippen molar-refractivity contribution in [2.75, 3.05) is 45.3 Å². The quantitative estimate of drug-likeness (QED) is 0.671. The summed E-state index contributed by atoms with van der Waals surface area (Å²) in [5, 5.41) is 0.588. The van der Waals surface area contributed by atoms with Crippen LogP contribution in [0.2, 0.25) is 0 Å². The summed E-state index contributed by atoms with van der Waals surface area (Å²) in [7, 11) is 4.14. The van der Waals surface area contributed by atoms with Crippen molar-refractivity contribution in [3.8, 4) is 11.5 Å². The molecule has 152 valence electrons. The van der Waals surface area contributed by atoms with E-state index in [0.29, 0.717) is 42.0 Å². The van der Waals surface area contributed by atoms with Crippen molar-refractivity contribution in [3.63, 3.8) is 0 Å². The van der Waals surface area contributed by atoms with Crippen LogP contribution >= 0.6 is 11.3 Å². The van der Waals surface area contributed by atoms with E-state index in [4.69, 9.17) is 9.47 Å². The first-order valence-electron chi connectivity index (χ1n) is 9.58. The Morgan fingerprint density at radius 1 is 1.21 bits per heavy atom. The Morgan fingerprint density at radius 3 is 2.69 bits per heavy atom. The van der Waals surface area contributed by atoms with E-state index in [-0.39, 0.29) is 5.91 Å². The van der Waals surface area contributed by atoms with Crippen molar-refractivity contribution in [3.05, 3.63) is 47.8 Å². The maximum atomic E-state index is 13.7. The van der Waals surface area contributed by atoms with Crippen LogP contribution in [0.25, 0.3) is 10.2 Å². The van der Waals surface area contributed by atoms with Gasteiger partial charge in [-0.2, -0.15) is 0 Å². The van der Waals surface area contributed by atoms with Crippen LogP contribution in [-0.4, -0.2) is 51.3 Å². The zero-order valence-electron chi connectivity index (χ0n) is 16.4. The van der Waals surface area contributed by atoms with Gasteiger partial charge in [-0.05, 0) is 18.2 Å². The molecule has 0 spiro atoms. The van der Waals surface area contributed by atoms with Crippen LogP contribution in [0.4, 0.5) is 9.52 Å². The third kappa shape index (κ3) is 4.33. The van der Waals surface area contributed by atoms with Crippen LogP contribution in [0.15, 0.2) is 36.4 Å². The van der Waals surface area contributed by atoms with E-state index in [1.807, 2.05) is 12.1 Å².